The number of nitrogen functional groups attached to an aromatic ring is 1. The van der Waals surface area contributed by atoms with Crippen LogP contribution in [0.3, 0.4) is 0 Å². The Kier molecular flexibility index (Phi) is 3.34. The highest BCUT2D eigenvalue weighted by atomic mass is 32.1. The molecule has 3 rings (SSSR count). The van der Waals surface area contributed by atoms with E-state index in [1.807, 2.05) is 10.9 Å². The van der Waals surface area contributed by atoms with E-state index in [0.29, 0.717) is 16.6 Å². The zero-order chi connectivity index (χ0) is 13.9. The molecule has 6 nitrogen and oxygen atoms in total. The second-order valence-electron chi connectivity index (χ2n) is 4.34. The summed E-state index contributed by atoms with van der Waals surface area (Å²) in [5, 5.41) is 5.77. The molecule has 7 heteroatoms. The number of anilines is 2. The average molecular weight is 287 g/mol. The lowest BCUT2D eigenvalue weighted by molar-refractivity contribution is 0.978. The van der Waals surface area contributed by atoms with Crippen molar-refractivity contribution in [3.8, 4) is 0 Å². The molecule has 0 aliphatic rings. The molecule has 1 aromatic carbocycles. The second kappa shape index (κ2) is 5.30. The molecule has 0 saturated heterocycles. The van der Waals surface area contributed by atoms with Crippen LogP contribution in [-0.4, -0.2) is 21.5 Å². The summed E-state index contributed by atoms with van der Waals surface area (Å²) in [6.07, 6.45) is 2.21. The van der Waals surface area contributed by atoms with Crippen LogP contribution >= 0.6 is 11.3 Å². The summed E-state index contributed by atoms with van der Waals surface area (Å²) >= 11 is 1.58. The first-order valence-electron chi connectivity index (χ1n) is 6.12. The summed E-state index contributed by atoms with van der Waals surface area (Å²) in [4.78, 5) is 22.5. The van der Waals surface area contributed by atoms with Crippen molar-refractivity contribution < 1.29 is 0 Å². The van der Waals surface area contributed by atoms with Gasteiger partial charge in [-0.15, -0.1) is 11.3 Å². The minimum Gasteiger partial charge on any atom is -0.397 e. The molecule has 0 spiro atoms. The lowest BCUT2D eigenvalue weighted by Crippen LogP contribution is -2.10. The summed E-state index contributed by atoms with van der Waals surface area (Å²) in [7, 11) is 0. The van der Waals surface area contributed by atoms with Crippen LogP contribution in [0.4, 0.5) is 11.4 Å². The molecule has 0 bridgehead atoms. The first-order valence-corrected chi connectivity index (χ1v) is 7.06. The first kappa shape index (κ1) is 12.6. The van der Waals surface area contributed by atoms with Crippen LogP contribution in [0.15, 0.2) is 34.1 Å². The number of thiazole rings is 1. The van der Waals surface area contributed by atoms with E-state index in [4.69, 9.17) is 5.73 Å². The van der Waals surface area contributed by atoms with Gasteiger partial charge in [0.15, 0.2) is 0 Å². The molecule has 0 aliphatic heterocycles. The van der Waals surface area contributed by atoms with Gasteiger partial charge in [0.25, 0.3) is 5.56 Å². The molecule has 3 aromatic rings. The van der Waals surface area contributed by atoms with E-state index in [9.17, 15) is 4.79 Å². The summed E-state index contributed by atoms with van der Waals surface area (Å²) in [6.45, 7) is 0.725. The lowest BCUT2D eigenvalue weighted by atomic mass is 10.2. The molecular weight excluding hydrogens is 274 g/mol. The van der Waals surface area contributed by atoms with Gasteiger partial charge in [0.05, 0.1) is 39.8 Å². The Morgan fingerprint density at radius 2 is 2.25 bits per heavy atom. The highest BCUT2D eigenvalue weighted by Crippen LogP contribution is 2.22. The molecule has 0 radical (unpaired) electrons. The largest absolute Gasteiger partial charge is 0.397 e. The number of rotatable bonds is 4. The van der Waals surface area contributed by atoms with Gasteiger partial charge in [0.1, 0.15) is 0 Å². The van der Waals surface area contributed by atoms with Gasteiger partial charge in [0, 0.05) is 18.3 Å². The average Bonchev–Trinajstić information content (AvgIpc) is 2.94. The van der Waals surface area contributed by atoms with Gasteiger partial charge in [-0.05, 0) is 12.1 Å². The van der Waals surface area contributed by atoms with Crippen LogP contribution in [-0.2, 0) is 6.42 Å². The Morgan fingerprint density at radius 3 is 3.05 bits per heavy atom. The number of H-pyrrole nitrogens is 1. The van der Waals surface area contributed by atoms with Crippen molar-refractivity contribution in [3.05, 3.63) is 45.4 Å². The molecule has 0 fully saturated rings. The molecule has 0 saturated carbocycles. The monoisotopic (exact) mass is 287 g/mol. The van der Waals surface area contributed by atoms with Gasteiger partial charge in [-0.3, -0.25) is 4.79 Å². The molecule has 0 unspecified atom stereocenters. The maximum absolute atomic E-state index is 11.6. The number of aromatic nitrogens is 3. The van der Waals surface area contributed by atoms with E-state index in [1.165, 1.54) is 6.33 Å². The van der Waals surface area contributed by atoms with Gasteiger partial charge in [-0.1, -0.05) is 0 Å². The number of nitrogens with one attached hydrogen (secondary N) is 2. The Labute approximate surface area is 118 Å². The second-order valence-corrected chi connectivity index (χ2v) is 5.06. The van der Waals surface area contributed by atoms with Crippen molar-refractivity contribution in [2.24, 2.45) is 0 Å². The lowest BCUT2D eigenvalue weighted by Gasteiger charge is -2.09. The van der Waals surface area contributed by atoms with Crippen molar-refractivity contribution in [1.82, 2.24) is 15.0 Å². The van der Waals surface area contributed by atoms with E-state index in [2.05, 4.69) is 20.3 Å². The van der Waals surface area contributed by atoms with Crippen LogP contribution in [0.1, 0.15) is 5.69 Å². The third-order valence-corrected chi connectivity index (χ3v) is 3.63. The van der Waals surface area contributed by atoms with Crippen molar-refractivity contribution >= 4 is 33.6 Å². The van der Waals surface area contributed by atoms with E-state index >= 15 is 0 Å². The van der Waals surface area contributed by atoms with Crippen molar-refractivity contribution in [1.29, 1.82) is 0 Å². The van der Waals surface area contributed by atoms with Crippen LogP contribution in [0, 0.1) is 0 Å². The van der Waals surface area contributed by atoms with Crippen molar-refractivity contribution in [2.45, 2.75) is 6.42 Å². The molecule has 0 aliphatic carbocycles. The number of nitrogens with zero attached hydrogens (tertiary/aromatic N) is 2. The molecule has 0 amide bonds. The minimum absolute atomic E-state index is 0.185. The molecule has 4 N–H and O–H groups in total. The highest BCUT2D eigenvalue weighted by Gasteiger charge is 2.05. The van der Waals surface area contributed by atoms with Gasteiger partial charge in [-0.25, -0.2) is 9.97 Å². The SMILES string of the molecule is Nc1cc2c(=O)[nH]cnc2cc1NCCc1cscn1. The summed E-state index contributed by atoms with van der Waals surface area (Å²) in [5.74, 6) is 0. The standard InChI is InChI=1S/C13H13N5OS/c14-10-3-9-11(16-6-17-13(9)19)4-12(10)15-2-1-8-5-20-7-18-8/h3-7,15H,1-2,14H2,(H,16,17,19). The quantitative estimate of drug-likeness (QED) is 0.633. The van der Waals surface area contributed by atoms with Crippen LogP contribution in [0.25, 0.3) is 10.9 Å². The van der Waals surface area contributed by atoms with E-state index in [1.54, 1.807) is 23.5 Å². The van der Waals surface area contributed by atoms with E-state index in [0.717, 1.165) is 24.3 Å². The number of hydrogen-bond acceptors (Lipinski definition) is 6. The Balaban J connectivity index is 1.81. The topological polar surface area (TPSA) is 96.7 Å². The number of benzene rings is 1. The summed E-state index contributed by atoms with van der Waals surface area (Å²) in [5.41, 5.74) is 10.6. The first-order chi connectivity index (χ1) is 9.74. The smallest absolute Gasteiger partial charge is 0.258 e. The predicted molar refractivity (Wildman–Crippen MR) is 81.1 cm³/mol. The third kappa shape index (κ3) is 2.48. The number of hydrogen-bond donors (Lipinski definition) is 3. The van der Waals surface area contributed by atoms with Gasteiger partial charge >= 0.3 is 0 Å². The number of fused-ring (bicyclic) bond motifs is 1. The normalized spacial score (nSPS) is 10.8. The fourth-order valence-corrected chi connectivity index (χ4v) is 2.56. The van der Waals surface area contributed by atoms with Gasteiger partial charge in [-0.2, -0.15) is 0 Å². The summed E-state index contributed by atoms with van der Waals surface area (Å²) in [6, 6.07) is 3.44. The molecule has 0 atom stereocenters. The molecular formula is C13H13N5OS. The molecule has 2 heterocycles. The van der Waals surface area contributed by atoms with Crippen molar-refractivity contribution in [2.75, 3.05) is 17.6 Å². The Morgan fingerprint density at radius 1 is 1.35 bits per heavy atom. The van der Waals surface area contributed by atoms with E-state index in [-0.39, 0.29) is 5.56 Å². The van der Waals surface area contributed by atoms with Crippen LogP contribution in [0.2, 0.25) is 0 Å². The third-order valence-electron chi connectivity index (χ3n) is 2.99. The Hall–Kier alpha value is -2.41. The molecule has 102 valence electrons. The maximum Gasteiger partial charge on any atom is 0.258 e. The highest BCUT2D eigenvalue weighted by molar-refractivity contribution is 7.07. The fraction of sp³-hybridized carbons (Fsp3) is 0.154. The maximum atomic E-state index is 11.6. The predicted octanol–water partition coefficient (Wildman–Crippen LogP) is 1.62. The zero-order valence-corrected chi connectivity index (χ0v) is 11.4. The van der Waals surface area contributed by atoms with Crippen LogP contribution < -0.4 is 16.6 Å². The minimum atomic E-state index is -0.185. The van der Waals surface area contributed by atoms with Gasteiger partial charge in [0.2, 0.25) is 0 Å². The summed E-state index contributed by atoms with van der Waals surface area (Å²) < 4.78 is 0. The molecule has 2 aromatic heterocycles. The zero-order valence-electron chi connectivity index (χ0n) is 10.6. The fourth-order valence-electron chi connectivity index (χ4n) is 1.97. The van der Waals surface area contributed by atoms with Crippen molar-refractivity contribution in [3.63, 3.8) is 0 Å². The number of nitrogens with two attached hydrogens (primary N) is 1. The Bertz CT molecular complexity index is 781. The van der Waals surface area contributed by atoms with Gasteiger partial charge < -0.3 is 16.0 Å². The van der Waals surface area contributed by atoms with E-state index < -0.39 is 0 Å². The number of aromatic amines is 1. The van der Waals surface area contributed by atoms with Crippen LogP contribution in [0.5, 0.6) is 0 Å². The molecule has 20 heavy (non-hydrogen) atoms.